The van der Waals surface area contributed by atoms with Crippen molar-refractivity contribution >= 4 is 17.8 Å². The number of carbonyl (C=O) groups excluding carboxylic acids is 2. The molecule has 0 aliphatic rings. The molecule has 0 saturated heterocycles. The van der Waals surface area contributed by atoms with Gasteiger partial charge >= 0.3 is 5.97 Å². The number of hydrogen-bond donors (Lipinski definition) is 1. The van der Waals surface area contributed by atoms with E-state index in [0.717, 1.165) is 4.90 Å². The van der Waals surface area contributed by atoms with Gasteiger partial charge in [-0.25, -0.2) is 0 Å². The van der Waals surface area contributed by atoms with Crippen LogP contribution in [0.2, 0.25) is 0 Å². The van der Waals surface area contributed by atoms with Gasteiger partial charge in [-0.15, -0.1) is 0 Å². The number of likely N-dealkylation sites (N-methyl/N-ethyl adjacent to an activating group) is 1. The van der Waals surface area contributed by atoms with E-state index in [9.17, 15) is 14.4 Å². The Bertz CT molecular complexity index is 287. The number of nitrogens with zero attached hydrogens (tertiary/aromatic N) is 2. The second-order valence-corrected chi connectivity index (χ2v) is 3.71. The van der Waals surface area contributed by atoms with Crippen LogP contribution in [0.1, 0.15) is 26.7 Å². The van der Waals surface area contributed by atoms with Crippen molar-refractivity contribution in [3.8, 4) is 0 Å². The summed E-state index contributed by atoms with van der Waals surface area (Å²) in [7, 11) is 1.42. The molecule has 0 rings (SSSR count). The minimum atomic E-state index is -1.06. The summed E-state index contributed by atoms with van der Waals surface area (Å²) in [5, 5.41) is 8.51. The number of carboxylic acid groups (broad SMARTS) is 1. The van der Waals surface area contributed by atoms with Crippen molar-refractivity contribution in [3.05, 3.63) is 0 Å². The van der Waals surface area contributed by atoms with Gasteiger partial charge < -0.3 is 14.9 Å². The molecule has 6 heteroatoms. The number of carbonyl (C=O) groups is 3. The zero-order chi connectivity index (χ0) is 13.4. The normalized spacial score (nSPS) is 9.82. The minimum Gasteiger partial charge on any atom is -0.480 e. The van der Waals surface area contributed by atoms with Crippen LogP contribution < -0.4 is 0 Å². The number of hydrogen-bond acceptors (Lipinski definition) is 3. The van der Waals surface area contributed by atoms with Crippen LogP contribution in [0.5, 0.6) is 0 Å². The topological polar surface area (TPSA) is 77.9 Å². The number of rotatable bonds is 7. The van der Waals surface area contributed by atoms with Crippen molar-refractivity contribution in [2.75, 3.05) is 26.7 Å². The van der Waals surface area contributed by atoms with Crippen LogP contribution in [0, 0.1) is 0 Å². The van der Waals surface area contributed by atoms with E-state index in [1.807, 2.05) is 13.8 Å². The van der Waals surface area contributed by atoms with Crippen LogP contribution in [-0.2, 0) is 14.4 Å². The first kappa shape index (κ1) is 15.4. The highest BCUT2D eigenvalue weighted by Gasteiger charge is 2.15. The largest absolute Gasteiger partial charge is 0.480 e. The molecule has 0 radical (unpaired) electrons. The minimum absolute atomic E-state index is 0.0547. The first-order chi connectivity index (χ1) is 7.92. The summed E-state index contributed by atoms with van der Waals surface area (Å²) in [6.45, 7) is 4.65. The van der Waals surface area contributed by atoms with Crippen molar-refractivity contribution in [3.63, 3.8) is 0 Å². The van der Waals surface area contributed by atoms with E-state index in [2.05, 4.69) is 0 Å². The number of aliphatic carboxylic acids is 1. The Hall–Kier alpha value is -1.59. The Morgan fingerprint density at radius 1 is 1.00 bits per heavy atom. The van der Waals surface area contributed by atoms with Crippen molar-refractivity contribution in [1.29, 1.82) is 0 Å². The van der Waals surface area contributed by atoms with Crippen LogP contribution in [0.3, 0.4) is 0 Å². The van der Waals surface area contributed by atoms with Crippen molar-refractivity contribution in [2.45, 2.75) is 26.7 Å². The third kappa shape index (κ3) is 5.89. The lowest BCUT2D eigenvalue weighted by Crippen LogP contribution is -2.34. The predicted molar refractivity (Wildman–Crippen MR) is 62.4 cm³/mol. The maximum absolute atomic E-state index is 11.6. The Labute approximate surface area is 101 Å². The maximum Gasteiger partial charge on any atom is 0.323 e. The molecule has 6 nitrogen and oxygen atoms in total. The van der Waals surface area contributed by atoms with E-state index < -0.39 is 5.97 Å². The summed E-state index contributed by atoms with van der Waals surface area (Å²) in [6, 6.07) is 0. The van der Waals surface area contributed by atoms with Gasteiger partial charge in [-0.3, -0.25) is 14.4 Å². The molecule has 0 aliphatic carbocycles. The smallest absolute Gasteiger partial charge is 0.323 e. The SMILES string of the molecule is CCN(CC)C(=O)CCC(=O)N(C)CC(=O)O. The lowest BCUT2D eigenvalue weighted by Gasteiger charge is -2.19. The molecule has 0 spiro atoms. The fraction of sp³-hybridized carbons (Fsp3) is 0.727. The Morgan fingerprint density at radius 2 is 1.47 bits per heavy atom. The molecule has 0 aromatic heterocycles. The van der Waals surface area contributed by atoms with Gasteiger partial charge in [0.15, 0.2) is 0 Å². The number of carboxylic acids is 1. The van der Waals surface area contributed by atoms with Crippen molar-refractivity contribution < 1.29 is 19.5 Å². The molecular weight excluding hydrogens is 224 g/mol. The molecular formula is C11H20N2O4. The van der Waals surface area contributed by atoms with E-state index in [0.29, 0.717) is 13.1 Å². The third-order valence-corrected chi connectivity index (χ3v) is 2.47. The molecule has 0 unspecified atom stereocenters. The van der Waals surface area contributed by atoms with Gasteiger partial charge in [0, 0.05) is 33.0 Å². The van der Waals surface area contributed by atoms with Crippen molar-refractivity contribution in [1.82, 2.24) is 9.80 Å². The summed E-state index contributed by atoms with van der Waals surface area (Å²) in [5.41, 5.74) is 0. The van der Waals surface area contributed by atoms with E-state index in [1.54, 1.807) is 4.90 Å². The standard InChI is InChI=1S/C11H20N2O4/c1-4-13(5-2)10(15)7-6-9(14)12(3)8-11(16)17/h4-8H2,1-3H3,(H,16,17). The number of amides is 2. The average molecular weight is 244 g/mol. The fourth-order valence-corrected chi connectivity index (χ4v) is 1.43. The summed E-state index contributed by atoms with van der Waals surface area (Å²) in [5.74, 6) is -1.46. The fourth-order valence-electron chi connectivity index (χ4n) is 1.43. The van der Waals surface area contributed by atoms with Gasteiger partial charge in [-0.2, -0.15) is 0 Å². The van der Waals surface area contributed by atoms with Crippen molar-refractivity contribution in [2.24, 2.45) is 0 Å². The van der Waals surface area contributed by atoms with E-state index in [4.69, 9.17) is 5.11 Å². The molecule has 17 heavy (non-hydrogen) atoms. The molecule has 2 amide bonds. The molecule has 0 heterocycles. The zero-order valence-corrected chi connectivity index (χ0v) is 10.6. The molecule has 1 N–H and O–H groups in total. The van der Waals surface area contributed by atoms with Gasteiger partial charge in [0.1, 0.15) is 6.54 Å². The summed E-state index contributed by atoms with van der Waals surface area (Å²) >= 11 is 0. The van der Waals surface area contributed by atoms with Crippen LogP contribution >= 0.6 is 0 Å². The van der Waals surface area contributed by atoms with Crippen LogP contribution in [0.15, 0.2) is 0 Å². The molecule has 0 aliphatic heterocycles. The van der Waals surface area contributed by atoms with Gasteiger partial charge in [0.05, 0.1) is 0 Å². The predicted octanol–water partition coefficient (Wildman–Crippen LogP) is 0.178. The van der Waals surface area contributed by atoms with Crippen LogP contribution in [0.4, 0.5) is 0 Å². The van der Waals surface area contributed by atoms with Gasteiger partial charge in [-0.1, -0.05) is 0 Å². The van der Waals surface area contributed by atoms with E-state index in [1.165, 1.54) is 7.05 Å². The highest BCUT2D eigenvalue weighted by Crippen LogP contribution is 2.00. The molecule has 0 bridgehead atoms. The lowest BCUT2D eigenvalue weighted by molar-refractivity contribution is -0.144. The maximum atomic E-state index is 11.6. The second-order valence-electron chi connectivity index (χ2n) is 3.71. The van der Waals surface area contributed by atoms with Gasteiger partial charge in [0.25, 0.3) is 0 Å². The molecule has 0 atom stereocenters. The molecule has 0 aromatic rings. The summed E-state index contributed by atoms with van der Waals surface area (Å²) in [4.78, 5) is 36.2. The lowest BCUT2D eigenvalue weighted by atomic mass is 10.2. The zero-order valence-electron chi connectivity index (χ0n) is 10.6. The van der Waals surface area contributed by atoms with Crippen LogP contribution in [-0.4, -0.2) is 59.4 Å². The Balaban J connectivity index is 4.06. The molecule has 0 aromatic carbocycles. The van der Waals surface area contributed by atoms with E-state index >= 15 is 0 Å². The summed E-state index contributed by atoms with van der Waals surface area (Å²) < 4.78 is 0. The molecule has 98 valence electrons. The average Bonchev–Trinajstić information content (AvgIpc) is 2.26. The van der Waals surface area contributed by atoms with E-state index in [-0.39, 0.29) is 31.2 Å². The third-order valence-electron chi connectivity index (χ3n) is 2.47. The Kier molecular flexibility index (Phi) is 6.93. The van der Waals surface area contributed by atoms with Gasteiger partial charge in [0.2, 0.25) is 11.8 Å². The monoisotopic (exact) mass is 244 g/mol. The molecule has 0 saturated carbocycles. The first-order valence-electron chi connectivity index (χ1n) is 5.65. The highest BCUT2D eigenvalue weighted by atomic mass is 16.4. The Morgan fingerprint density at radius 3 is 1.88 bits per heavy atom. The highest BCUT2D eigenvalue weighted by molar-refractivity contribution is 5.85. The molecule has 0 fully saturated rings. The summed E-state index contributed by atoms with van der Waals surface area (Å²) in [6.07, 6.45) is 0.184. The van der Waals surface area contributed by atoms with Gasteiger partial charge in [-0.05, 0) is 13.8 Å². The van der Waals surface area contributed by atoms with Crippen LogP contribution in [0.25, 0.3) is 0 Å². The quantitative estimate of drug-likeness (QED) is 0.693. The first-order valence-corrected chi connectivity index (χ1v) is 5.65. The second kappa shape index (κ2) is 7.65.